The Morgan fingerprint density at radius 2 is 1.47 bits per heavy atom. The van der Waals surface area contributed by atoms with Gasteiger partial charge in [0.2, 0.25) is 0 Å². The van der Waals surface area contributed by atoms with E-state index in [0.717, 1.165) is 45.0 Å². The van der Waals surface area contributed by atoms with Gasteiger partial charge in [-0.2, -0.15) is 13.2 Å². The molecule has 4 nitrogen and oxygen atoms in total. The summed E-state index contributed by atoms with van der Waals surface area (Å²) in [7, 11) is 3.92. The number of rotatable bonds is 3. The van der Waals surface area contributed by atoms with Crippen molar-refractivity contribution < 1.29 is 33.2 Å². The van der Waals surface area contributed by atoms with Crippen molar-refractivity contribution in [3.63, 3.8) is 0 Å². The number of hydrogen-bond acceptors (Lipinski definition) is 4. The topological polar surface area (TPSA) is 69.9 Å². The molecule has 0 saturated heterocycles. The number of allylic oxidation sites excluding steroid dienone is 3. The van der Waals surface area contributed by atoms with Gasteiger partial charge >= 0.3 is 6.18 Å². The van der Waals surface area contributed by atoms with Gasteiger partial charge < -0.3 is 20.1 Å². The highest BCUT2D eigenvalue weighted by atomic mass is 19.4. The molecule has 0 spiro atoms. The van der Waals surface area contributed by atoms with Crippen LogP contribution in [0.5, 0.6) is 0 Å². The minimum Gasteiger partial charge on any atom is -0.512 e. The fourth-order valence-electron chi connectivity index (χ4n) is 11.4. The highest BCUT2D eigenvalue weighted by Gasteiger charge is 2.70. The average Bonchev–Trinajstić information content (AvgIpc) is 3.28. The van der Waals surface area contributed by atoms with Gasteiger partial charge in [0.1, 0.15) is 0 Å². The Morgan fingerprint density at radius 1 is 0.907 bits per heavy atom. The van der Waals surface area contributed by atoms with Crippen molar-refractivity contribution >= 4 is 0 Å². The first kappa shape index (κ1) is 40.0. The van der Waals surface area contributed by atoms with E-state index in [4.69, 9.17) is 14.9 Å². The number of fused-ring (bicyclic) bond motifs is 7. The lowest BCUT2D eigenvalue weighted by molar-refractivity contribution is -0.232. The predicted octanol–water partition coefficient (Wildman–Crippen LogP) is 9.76. The summed E-state index contributed by atoms with van der Waals surface area (Å²) < 4.78 is 37.0. The molecule has 43 heavy (non-hydrogen) atoms. The Kier molecular flexibility index (Phi) is 13.2. The number of aliphatic hydroxyl groups is 3. The molecule has 0 unspecified atom stereocenters. The summed E-state index contributed by atoms with van der Waals surface area (Å²) in [6.07, 6.45) is 9.88. The molecule has 7 heteroatoms. The first-order valence-corrected chi connectivity index (χ1v) is 15.9. The molecule has 4 fully saturated rings. The lowest BCUT2D eigenvalue weighted by Crippen LogP contribution is -2.65. The van der Waals surface area contributed by atoms with Crippen LogP contribution in [0.25, 0.3) is 0 Å². The summed E-state index contributed by atoms with van der Waals surface area (Å²) >= 11 is 0. The molecule has 4 saturated carbocycles. The highest BCUT2D eigenvalue weighted by molar-refractivity contribution is 5.24. The molecular formula is C36H65F3O4. The standard InChI is InChI=1S/C31H50O2.C2H3F3.2CH4O.CH4/c1-20(2)21-11-16-31(19-33-8)18-17-29(6)22(26(21)31)9-10-24-28(5)14-13-25(32)27(3,4)23(28)12-15-30(24,29)7;1-2(3,4)5;2*1-2;/h13,21-24,26,32H,1,9-12,14-19H2,2-8H3;1H3;2*2H,1H3;1H4/t21-,22+,23-,24+,26+,28-,29+,30+,31+;;;;/m0..../s1. The molecule has 0 aromatic carbocycles. The second kappa shape index (κ2) is 14.2. The number of ether oxygens (including phenoxy) is 1. The molecule has 0 amide bonds. The molecule has 3 N–H and O–H groups in total. The molecule has 5 aliphatic carbocycles. The van der Waals surface area contributed by atoms with Gasteiger partial charge in [0, 0.05) is 33.7 Å². The summed E-state index contributed by atoms with van der Waals surface area (Å²) in [5.74, 6) is 4.17. The largest absolute Gasteiger partial charge is 0.512 e. The van der Waals surface area contributed by atoms with Gasteiger partial charge in [0.25, 0.3) is 0 Å². The van der Waals surface area contributed by atoms with Gasteiger partial charge in [-0.1, -0.05) is 54.2 Å². The van der Waals surface area contributed by atoms with Gasteiger partial charge in [0.15, 0.2) is 0 Å². The molecule has 0 radical (unpaired) electrons. The van der Waals surface area contributed by atoms with Gasteiger partial charge in [-0.15, -0.1) is 0 Å². The van der Waals surface area contributed by atoms with Crippen LogP contribution in [0.4, 0.5) is 13.2 Å². The first-order valence-electron chi connectivity index (χ1n) is 15.9. The number of hydrogen-bond donors (Lipinski definition) is 3. The second-order valence-electron chi connectivity index (χ2n) is 15.3. The van der Waals surface area contributed by atoms with Gasteiger partial charge in [-0.3, -0.25) is 0 Å². The Labute approximate surface area is 261 Å². The van der Waals surface area contributed by atoms with Crippen LogP contribution < -0.4 is 0 Å². The Morgan fingerprint density at radius 3 is 1.98 bits per heavy atom. The van der Waals surface area contributed by atoms with Crippen molar-refractivity contribution in [3.8, 4) is 0 Å². The maximum Gasteiger partial charge on any atom is 0.386 e. The molecule has 9 atom stereocenters. The third-order valence-corrected chi connectivity index (χ3v) is 13.2. The molecule has 0 bridgehead atoms. The number of alkyl halides is 3. The van der Waals surface area contributed by atoms with Crippen LogP contribution in [0.1, 0.15) is 114 Å². The fourth-order valence-corrected chi connectivity index (χ4v) is 11.4. The minimum atomic E-state index is -4.00. The zero-order chi connectivity index (χ0) is 32.5. The molecule has 0 aliphatic heterocycles. The van der Waals surface area contributed by atoms with Gasteiger partial charge in [-0.05, 0) is 122 Å². The molecule has 5 rings (SSSR count). The second-order valence-corrected chi connectivity index (χ2v) is 15.3. The summed E-state index contributed by atoms with van der Waals surface area (Å²) in [6, 6.07) is 0. The third-order valence-electron chi connectivity index (χ3n) is 13.2. The van der Waals surface area contributed by atoms with Crippen molar-refractivity contribution in [2.45, 2.75) is 120 Å². The lowest BCUT2D eigenvalue weighted by Gasteiger charge is -2.72. The zero-order valence-electron chi connectivity index (χ0n) is 28.1. The molecule has 5 aliphatic rings. The average molecular weight is 619 g/mol. The van der Waals surface area contributed by atoms with E-state index in [1.165, 1.54) is 56.9 Å². The lowest BCUT2D eigenvalue weighted by atomic mass is 9.32. The van der Waals surface area contributed by atoms with E-state index in [1.807, 2.05) is 7.11 Å². The van der Waals surface area contributed by atoms with Crippen molar-refractivity contribution in [2.75, 3.05) is 27.9 Å². The molecule has 254 valence electrons. The van der Waals surface area contributed by atoms with Crippen LogP contribution in [0.2, 0.25) is 0 Å². The number of halogens is 3. The van der Waals surface area contributed by atoms with Crippen LogP contribution in [-0.4, -0.2) is 49.4 Å². The Balaban J connectivity index is 0.000000829. The van der Waals surface area contributed by atoms with E-state index < -0.39 is 6.18 Å². The van der Waals surface area contributed by atoms with Crippen LogP contribution in [0.3, 0.4) is 0 Å². The summed E-state index contributed by atoms with van der Waals surface area (Å²) in [4.78, 5) is 0. The van der Waals surface area contributed by atoms with E-state index in [-0.39, 0.29) is 19.8 Å². The Bertz CT molecular complexity index is 955. The fraction of sp³-hybridized carbons (Fsp3) is 0.889. The van der Waals surface area contributed by atoms with Gasteiger partial charge in [0.05, 0.1) is 12.4 Å². The maximum atomic E-state index is 10.8. The van der Waals surface area contributed by atoms with Gasteiger partial charge in [-0.25, -0.2) is 0 Å². The van der Waals surface area contributed by atoms with Crippen molar-refractivity contribution in [3.05, 3.63) is 24.0 Å². The van der Waals surface area contributed by atoms with Crippen molar-refractivity contribution in [1.82, 2.24) is 0 Å². The minimum absolute atomic E-state index is 0. The predicted molar refractivity (Wildman–Crippen MR) is 172 cm³/mol. The maximum absolute atomic E-state index is 10.8. The number of aliphatic hydroxyl groups excluding tert-OH is 3. The van der Waals surface area contributed by atoms with E-state index >= 15 is 0 Å². The molecule has 0 aromatic heterocycles. The monoisotopic (exact) mass is 618 g/mol. The smallest absolute Gasteiger partial charge is 0.386 e. The zero-order valence-corrected chi connectivity index (χ0v) is 28.1. The first-order chi connectivity index (χ1) is 19.4. The quantitative estimate of drug-likeness (QED) is 0.275. The Hall–Kier alpha value is -1.05. The van der Waals surface area contributed by atoms with Crippen molar-refractivity contribution in [1.29, 1.82) is 0 Å². The number of methoxy groups -OCH3 is 1. The summed E-state index contributed by atoms with van der Waals surface area (Å²) in [5.41, 5.74) is 2.74. The van der Waals surface area contributed by atoms with E-state index in [2.05, 4.69) is 54.2 Å². The van der Waals surface area contributed by atoms with Crippen LogP contribution in [0.15, 0.2) is 24.0 Å². The van der Waals surface area contributed by atoms with Crippen LogP contribution >= 0.6 is 0 Å². The van der Waals surface area contributed by atoms with E-state index in [0.29, 0.717) is 39.3 Å². The van der Waals surface area contributed by atoms with Crippen LogP contribution in [0, 0.1) is 56.7 Å². The van der Waals surface area contributed by atoms with E-state index in [1.54, 1.807) is 0 Å². The third kappa shape index (κ3) is 6.75. The van der Waals surface area contributed by atoms with Crippen LogP contribution in [-0.2, 0) is 4.74 Å². The summed E-state index contributed by atoms with van der Waals surface area (Å²) in [6.45, 7) is 20.5. The SMILES string of the molecule is C.C=C(C)[C@@H]1CC[C@]2(COC)CC[C@]3(C)[C@H](CC[C@@H]4[C@@]5(C)CC=C(O)C(C)(C)[C@@H]5CC[C@]43C)[C@@H]12.CC(F)(F)F.CO.CO. The highest BCUT2D eigenvalue weighted by Crippen LogP contribution is 2.77. The van der Waals surface area contributed by atoms with E-state index in [9.17, 15) is 18.3 Å². The van der Waals surface area contributed by atoms with Crippen molar-refractivity contribution in [2.24, 2.45) is 56.7 Å². The molecule has 0 heterocycles. The molecule has 0 aromatic rings. The molecular weight excluding hydrogens is 553 g/mol. The normalized spacial score (nSPS) is 42.1. The summed E-state index contributed by atoms with van der Waals surface area (Å²) in [5, 5.41) is 24.8.